The molecule has 3 rings (SSSR count). The van der Waals surface area contributed by atoms with Crippen molar-refractivity contribution >= 4 is 34.5 Å². The molecule has 1 aromatic heterocycles. The Labute approximate surface area is 131 Å². The predicted molar refractivity (Wildman–Crippen MR) is 86.4 cm³/mol. The molecule has 0 atom stereocenters. The Morgan fingerprint density at radius 3 is 2.82 bits per heavy atom. The number of nitrogens with zero attached hydrogens (tertiary/aromatic N) is 1. The molecule has 0 saturated carbocycles. The highest BCUT2D eigenvalue weighted by Gasteiger charge is 2.10. The van der Waals surface area contributed by atoms with E-state index >= 15 is 0 Å². The lowest BCUT2D eigenvalue weighted by molar-refractivity contribution is -0.113. The van der Waals surface area contributed by atoms with Crippen molar-refractivity contribution in [2.45, 2.75) is 5.22 Å². The lowest BCUT2D eigenvalue weighted by Crippen LogP contribution is -2.14. The van der Waals surface area contributed by atoms with Crippen LogP contribution >= 0.6 is 11.8 Å². The average molecular weight is 314 g/mol. The molecule has 0 bridgehead atoms. The van der Waals surface area contributed by atoms with E-state index in [0.29, 0.717) is 16.7 Å². The van der Waals surface area contributed by atoms with Crippen LogP contribution in [0, 0.1) is 0 Å². The zero-order valence-electron chi connectivity index (χ0n) is 11.9. The van der Waals surface area contributed by atoms with E-state index < -0.39 is 0 Å². The molecule has 112 valence electrons. The van der Waals surface area contributed by atoms with Gasteiger partial charge in [0.1, 0.15) is 11.3 Å². The van der Waals surface area contributed by atoms with E-state index in [1.807, 2.05) is 36.4 Å². The normalized spacial score (nSPS) is 10.6. The fourth-order valence-corrected chi connectivity index (χ4v) is 2.61. The van der Waals surface area contributed by atoms with Crippen molar-refractivity contribution in [3.63, 3.8) is 0 Å². The number of nitrogens with one attached hydrogen (secondary N) is 1. The molecule has 0 aliphatic rings. The van der Waals surface area contributed by atoms with E-state index in [-0.39, 0.29) is 11.7 Å². The number of carbonyl (C=O) groups excluding carboxylic acids is 1. The third kappa shape index (κ3) is 3.23. The van der Waals surface area contributed by atoms with Gasteiger partial charge in [0.25, 0.3) is 5.22 Å². The first-order chi connectivity index (χ1) is 10.8. The van der Waals surface area contributed by atoms with Gasteiger partial charge in [-0.25, -0.2) is 4.98 Å². The number of benzene rings is 2. The Morgan fingerprint density at radius 2 is 2.00 bits per heavy atom. The number of anilines is 1. The lowest BCUT2D eigenvalue weighted by atomic mass is 10.3. The standard InChI is InChI=1S/C16H14N2O3S/c1-20-13-8-4-2-6-11(13)17-15(19)10-22-16-18-12-7-3-5-9-14(12)21-16/h2-9H,10H2,1H3,(H,17,19). The molecule has 0 fully saturated rings. The molecule has 1 heterocycles. The summed E-state index contributed by atoms with van der Waals surface area (Å²) in [6, 6.07) is 14.8. The number of hydrogen-bond donors (Lipinski definition) is 1. The van der Waals surface area contributed by atoms with Crippen molar-refractivity contribution in [1.29, 1.82) is 0 Å². The van der Waals surface area contributed by atoms with E-state index in [4.69, 9.17) is 9.15 Å². The van der Waals surface area contributed by atoms with Crippen molar-refractivity contribution < 1.29 is 13.9 Å². The molecule has 0 unspecified atom stereocenters. The monoisotopic (exact) mass is 314 g/mol. The molecular formula is C16H14N2O3S. The molecule has 3 aromatic rings. The Bertz CT molecular complexity index is 768. The maximum atomic E-state index is 12.0. The molecule has 0 saturated heterocycles. The fourth-order valence-electron chi connectivity index (χ4n) is 1.97. The minimum absolute atomic E-state index is 0.142. The number of aromatic nitrogens is 1. The number of thioether (sulfide) groups is 1. The van der Waals surface area contributed by atoms with Crippen molar-refractivity contribution in [2.24, 2.45) is 0 Å². The number of ether oxygens (including phenoxy) is 1. The van der Waals surface area contributed by atoms with Gasteiger partial charge in [0, 0.05) is 0 Å². The van der Waals surface area contributed by atoms with Crippen LogP contribution in [0.1, 0.15) is 0 Å². The number of carbonyl (C=O) groups is 1. The van der Waals surface area contributed by atoms with E-state index in [2.05, 4.69) is 10.3 Å². The summed E-state index contributed by atoms with van der Waals surface area (Å²) in [5.74, 6) is 0.699. The van der Waals surface area contributed by atoms with Crippen LogP contribution in [0.25, 0.3) is 11.1 Å². The maximum Gasteiger partial charge on any atom is 0.257 e. The summed E-state index contributed by atoms with van der Waals surface area (Å²) in [4.78, 5) is 16.3. The second-order valence-electron chi connectivity index (χ2n) is 4.48. The quantitative estimate of drug-likeness (QED) is 0.729. The van der Waals surface area contributed by atoms with Gasteiger partial charge in [-0.3, -0.25) is 4.79 Å². The number of rotatable bonds is 5. The van der Waals surface area contributed by atoms with Gasteiger partial charge in [0.05, 0.1) is 18.6 Å². The topological polar surface area (TPSA) is 64.4 Å². The van der Waals surface area contributed by atoms with E-state index in [0.717, 1.165) is 11.1 Å². The molecule has 1 amide bonds. The van der Waals surface area contributed by atoms with Crippen LogP contribution in [0.15, 0.2) is 58.2 Å². The second-order valence-corrected chi connectivity index (χ2v) is 5.41. The van der Waals surface area contributed by atoms with Gasteiger partial charge in [0.15, 0.2) is 5.58 Å². The summed E-state index contributed by atoms with van der Waals surface area (Å²) < 4.78 is 10.8. The Balaban J connectivity index is 1.62. The van der Waals surface area contributed by atoms with Crippen LogP contribution in [0.3, 0.4) is 0 Å². The van der Waals surface area contributed by atoms with Gasteiger partial charge in [-0.2, -0.15) is 0 Å². The number of amides is 1. The molecule has 6 heteroatoms. The lowest BCUT2D eigenvalue weighted by Gasteiger charge is -2.08. The largest absolute Gasteiger partial charge is 0.495 e. The number of hydrogen-bond acceptors (Lipinski definition) is 5. The third-order valence-corrected chi connectivity index (χ3v) is 3.81. The molecule has 5 nitrogen and oxygen atoms in total. The van der Waals surface area contributed by atoms with Crippen molar-refractivity contribution in [1.82, 2.24) is 4.98 Å². The highest BCUT2D eigenvalue weighted by molar-refractivity contribution is 7.99. The summed E-state index contributed by atoms with van der Waals surface area (Å²) in [6.07, 6.45) is 0. The first-order valence-electron chi connectivity index (χ1n) is 6.67. The van der Waals surface area contributed by atoms with E-state index in [1.54, 1.807) is 19.2 Å². The zero-order chi connectivity index (χ0) is 15.4. The van der Waals surface area contributed by atoms with Crippen LogP contribution in [0.4, 0.5) is 5.69 Å². The Hall–Kier alpha value is -2.47. The van der Waals surface area contributed by atoms with Gasteiger partial charge in [0.2, 0.25) is 5.91 Å². The van der Waals surface area contributed by atoms with Crippen molar-refractivity contribution in [3.8, 4) is 5.75 Å². The first kappa shape index (κ1) is 14.5. The van der Waals surface area contributed by atoms with Crippen molar-refractivity contribution in [3.05, 3.63) is 48.5 Å². The predicted octanol–water partition coefficient (Wildman–Crippen LogP) is 3.57. The van der Waals surface area contributed by atoms with Gasteiger partial charge in [-0.1, -0.05) is 36.0 Å². The minimum Gasteiger partial charge on any atom is -0.495 e. The molecule has 1 N–H and O–H groups in total. The van der Waals surface area contributed by atoms with Crippen LogP contribution in [-0.2, 0) is 4.79 Å². The summed E-state index contributed by atoms with van der Waals surface area (Å²) in [5.41, 5.74) is 2.15. The molecule has 2 aromatic carbocycles. The van der Waals surface area contributed by atoms with Gasteiger partial charge >= 0.3 is 0 Å². The number of fused-ring (bicyclic) bond motifs is 1. The highest BCUT2D eigenvalue weighted by Crippen LogP contribution is 2.25. The average Bonchev–Trinajstić information content (AvgIpc) is 2.96. The number of para-hydroxylation sites is 4. The molecule has 0 radical (unpaired) electrons. The van der Waals surface area contributed by atoms with Crippen LogP contribution in [0.5, 0.6) is 5.75 Å². The van der Waals surface area contributed by atoms with E-state index in [1.165, 1.54) is 11.8 Å². The van der Waals surface area contributed by atoms with Crippen molar-refractivity contribution in [2.75, 3.05) is 18.2 Å². The van der Waals surface area contributed by atoms with Gasteiger partial charge in [-0.05, 0) is 24.3 Å². The summed E-state index contributed by atoms with van der Waals surface area (Å²) in [6.45, 7) is 0. The summed E-state index contributed by atoms with van der Waals surface area (Å²) in [5, 5.41) is 3.29. The zero-order valence-corrected chi connectivity index (χ0v) is 12.7. The molecular weight excluding hydrogens is 300 g/mol. The first-order valence-corrected chi connectivity index (χ1v) is 7.66. The van der Waals surface area contributed by atoms with Gasteiger partial charge in [-0.15, -0.1) is 0 Å². The molecule has 0 aliphatic carbocycles. The summed E-state index contributed by atoms with van der Waals surface area (Å²) in [7, 11) is 1.57. The minimum atomic E-state index is -0.142. The fraction of sp³-hybridized carbons (Fsp3) is 0.125. The number of oxazole rings is 1. The Kier molecular flexibility index (Phi) is 4.29. The second kappa shape index (κ2) is 6.53. The third-order valence-electron chi connectivity index (χ3n) is 2.98. The van der Waals surface area contributed by atoms with E-state index in [9.17, 15) is 4.79 Å². The SMILES string of the molecule is COc1ccccc1NC(=O)CSc1nc2ccccc2o1. The smallest absolute Gasteiger partial charge is 0.257 e. The number of methoxy groups -OCH3 is 1. The van der Waals surface area contributed by atoms with Gasteiger partial charge < -0.3 is 14.5 Å². The summed E-state index contributed by atoms with van der Waals surface area (Å²) >= 11 is 1.26. The molecule has 0 aliphatic heterocycles. The molecule has 22 heavy (non-hydrogen) atoms. The van der Waals surface area contributed by atoms with Crippen LogP contribution < -0.4 is 10.1 Å². The van der Waals surface area contributed by atoms with Crippen LogP contribution in [-0.4, -0.2) is 23.8 Å². The Morgan fingerprint density at radius 1 is 1.23 bits per heavy atom. The molecule has 0 spiro atoms. The maximum absolute atomic E-state index is 12.0. The highest BCUT2D eigenvalue weighted by atomic mass is 32.2. The van der Waals surface area contributed by atoms with Crippen LogP contribution in [0.2, 0.25) is 0 Å².